The Morgan fingerprint density at radius 1 is 1.14 bits per heavy atom. The third-order valence-corrected chi connectivity index (χ3v) is 6.82. The Labute approximate surface area is 238 Å². The maximum absolute atomic E-state index is 13.0. The molecule has 0 aliphatic carbocycles. The molecule has 1 aliphatic rings. The first kappa shape index (κ1) is 28.7. The Bertz CT molecular complexity index is 1650. The van der Waals surface area contributed by atoms with Gasteiger partial charge in [-0.2, -0.15) is 18.3 Å². The van der Waals surface area contributed by atoms with Crippen molar-refractivity contribution in [2.75, 3.05) is 44.8 Å². The van der Waals surface area contributed by atoms with Crippen LogP contribution in [0.4, 0.5) is 24.8 Å². The van der Waals surface area contributed by atoms with Crippen molar-refractivity contribution in [1.29, 1.82) is 0 Å². The van der Waals surface area contributed by atoms with Gasteiger partial charge in [0, 0.05) is 43.0 Å². The lowest BCUT2D eigenvalue weighted by Crippen LogP contribution is -2.28. The summed E-state index contributed by atoms with van der Waals surface area (Å²) < 4.78 is 40.8. The van der Waals surface area contributed by atoms with Crippen LogP contribution >= 0.6 is 0 Å². The van der Waals surface area contributed by atoms with Gasteiger partial charge in [-0.1, -0.05) is 18.2 Å². The first-order chi connectivity index (χ1) is 20.0. The van der Waals surface area contributed by atoms with E-state index in [0.717, 1.165) is 18.3 Å². The summed E-state index contributed by atoms with van der Waals surface area (Å²) in [6.45, 7) is 1.68. The van der Waals surface area contributed by atoms with E-state index in [1.165, 1.54) is 18.5 Å². The number of nitrogens with zero attached hydrogens (tertiary/aromatic N) is 7. The van der Waals surface area contributed by atoms with E-state index in [0.29, 0.717) is 48.3 Å². The first-order valence-corrected chi connectivity index (χ1v) is 13.0. The van der Waals surface area contributed by atoms with Crippen LogP contribution in [0.5, 0.6) is 0 Å². The highest BCUT2D eigenvalue weighted by molar-refractivity contribution is 6.04. The highest BCUT2D eigenvalue weighted by atomic mass is 19.4. The van der Waals surface area contributed by atoms with Gasteiger partial charge >= 0.3 is 6.18 Å². The van der Waals surface area contributed by atoms with E-state index in [1.807, 2.05) is 25.1 Å². The quantitative estimate of drug-likeness (QED) is 0.317. The molecule has 1 saturated heterocycles. The number of nitrogens with one attached hydrogen (secondary N) is 1. The van der Waals surface area contributed by atoms with Gasteiger partial charge in [0.05, 0.1) is 17.0 Å². The lowest BCUT2D eigenvalue weighted by Gasteiger charge is -2.15. The zero-order chi connectivity index (χ0) is 30.0. The number of nitrogens with two attached hydrogens (primary N) is 1. The van der Waals surface area contributed by atoms with Crippen LogP contribution in [0.25, 0.3) is 22.3 Å². The predicted molar refractivity (Wildman–Crippen MR) is 150 cm³/mol. The second-order valence-electron chi connectivity index (χ2n) is 10.1. The Balaban J connectivity index is 1.37. The number of rotatable bonds is 7. The minimum absolute atomic E-state index is 0.0700. The van der Waals surface area contributed by atoms with Crippen molar-refractivity contribution in [2.45, 2.75) is 18.6 Å². The van der Waals surface area contributed by atoms with Crippen molar-refractivity contribution in [1.82, 2.24) is 34.5 Å². The lowest BCUT2D eigenvalue weighted by atomic mass is 10.1. The summed E-state index contributed by atoms with van der Waals surface area (Å²) in [6.07, 6.45) is 1.86. The average molecular weight is 580 g/mol. The van der Waals surface area contributed by atoms with Gasteiger partial charge in [-0.25, -0.2) is 19.6 Å². The van der Waals surface area contributed by atoms with Crippen LogP contribution in [0, 0.1) is 0 Å². The summed E-state index contributed by atoms with van der Waals surface area (Å²) in [6, 6.07) is 7.84. The largest absolute Gasteiger partial charge is 0.416 e. The van der Waals surface area contributed by atoms with Crippen molar-refractivity contribution < 1.29 is 22.8 Å². The maximum Gasteiger partial charge on any atom is 0.416 e. The molecule has 2 amide bonds. The molecule has 0 saturated carbocycles. The first-order valence-electron chi connectivity index (χ1n) is 13.0. The fraction of sp³-hybridized carbons (Fsp3) is 0.286. The number of amides is 2. The number of carbonyl (C=O) groups is 2. The number of anilines is 2. The van der Waals surface area contributed by atoms with Gasteiger partial charge in [-0.3, -0.25) is 9.59 Å². The Hall–Kier alpha value is -4.85. The Morgan fingerprint density at radius 2 is 1.90 bits per heavy atom. The predicted octanol–water partition coefficient (Wildman–Crippen LogP) is 3.63. The van der Waals surface area contributed by atoms with Crippen molar-refractivity contribution in [2.24, 2.45) is 0 Å². The second kappa shape index (κ2) is 11.6. The van der Waals surface area contributed by atoms with Crippen LogP contribution < -0.4 is 11.1 Å². The normalized spacial score (nSPS) is 15.7. The van der Waals surface area contributed by atoms with Gasteiger partial charge in [0.15, 0.2) is 5.65 Å². The molecule has 1 unspecified atom stereocenters. The number of aromatic nitrogens is 5. The van der Waals surface area contributed by atoms with Crippen LogP contribution in [-0.2, 0) is 11.0 Å². The summed E-state index contributed by atoms with van der Waals surface area (Å²) in [4.78, 5) is 41.5. The molecule has 5 rings (SSSR count). The number of carbonyl (C=O) groups excluding carboxylic acids is 2. The van der Waals surface area contributed by atoms with Crippen LogP contribution in [0.3, 0.4) is 0 Å². The molecule has 0 radical (unpaired) electrons. The molecular formula is C28H28F3N9O2. The number of benzene rings is 1. The molecule has 14 heteroatoms. The number of hydrogen-bond donors (Lipinski definition) is 2. The second-order valence-corrected chi connectivity index (χ2v) is 10.1. The molecule has 3 aromatic heterocycles. The number of fused-ring (bicyclic) bond motifs is 1. The van der Waals surface area contributed by atoms with Gasteiger partial charge in [0.2, 0.25) is 5.91 Å². The highest BCUT2D eigenvalue weighted by Gasteiger charge is 2.31. The maximum atomic E-state index is 13.0. The highest BCUT2D eigenvalue weighted by Crippen LogP contribution is 2.34. The summed E-state index contributed by atoms with van der Waals surface area (Å²) >= 11 is 0. The summed E-state index contributed by atoms with van der Waals surface area (Å²) in [5.41, 5.74) is 7.19. The number of nitrogen functional groups attached to an aromatic ring is 1. The van der Waals surface area contributed by atoms with Crippen molar-refractivity contribution >= 4 is 34.5 Å². The van der Waals surface area contributed by atoms with Crippen molar-refractivity contribution in [3.63, 3.8) is 0 Å². The van der Waals surface area contributed by atoms with E-state index in [4.69, 9.17) is 10.8 Å². The molecule has 11 nitrogen and oxygen atoms in total. The molecule has 218 valence electrons. The fourth-order valence-corrected chi connectivity index (χ4v) is 4.71. The molecular weight excluding hydrogens is 551 g/mol. The molecule has 1 aliphatic heterocycles. The van der Waals surface area contributed by atoms with Gasteiger partial charge in [0.1, 0.15) is 23.7 Å². The minimum Gasteiger partial charge on any atom is -0.383 e. The molecule has 0 bridgehead atoms. The summed E-state index contributed by atoms with van der Waals surface area (Å²) in [5.74, 6) is -0.677. The number of likely N-dealkylation sites (tertiary alicyclic amines) is 1. The number of hydrogen-bond acceptors (Lipinski definition) is 8. The number of halogens is 3. The van der Waals surface area contributed by atoms with E-state index >= 15 is 0 Å². The lowest BCUT2D eigenvalue weighted by molar-refractivity contribution is -0.137. The molecule has 0 spiro atoms. The smallest absolute Gasteiger partial charge is 0.383 e. The van der Waals surface area contributed by atoms with E-state index in [-0.39, 0.29) is 29.1 Å². The van der Waals surface area contributed by atoms with Crippen LogP contribution in [0.2, 0.25) is 0 Å². The monoisotopic (exact) mass is 579 g/mol. The Morgan fingerprint density at radius 3 is 2.62 bits per heavy atom. The summed E-state index contributed by atoms with van der Waals surface area (Å²) in [5, 5.41) is 7.74. The van der Waals surface area contributed by atoms with Gasteiger partial charge < -0.3 is 20.9 Å². The zero-order valence-electron chi connectivity index (χ0n) is 22.8. The third kappa shape index (κ3) is 6.07. The van der Waals surface area contributed by atoms with Crippen molar-refractivity contribution in [3.05, 3.63) is 72.2 Å². The molecule has 1 fully saturated rings. The molecule has 4 heterocycles. The average Bonchev–Trinajstić information content (AvgIpc) is 3.59. The standard InChI is InChI=1S/C28H28F3N9O2/c1-38(2)12-3-4-22(41)39-13-10-20(15-39)40-26-23(25(32)34-16-35-26)24(37-40)17-5-7-18(8-6-17)27(42)36-21-14-19(9-11-33-21)28(29,30)31/h3-9,11,14,16,20H,10,12-13,15H2,1-2H3,(H2,32,34,35)(H,33,36,42)/b4-3+. The fourth-order valence-electron chi connectivity index (χ4n) is 4.71. The van der Waals surface area contributed by atoms with E-state index in [2.05, 4.69) is 20.3 Å². The minimum atomic E-state index is -4.56. The van der Waals surface area contributed by atoms with Crippen LogP contribution in [0.1, 0.15) is 28.4 Å². The Kier molecular flexibility index (Phi) is 7.89. The molecule has 42 heavy (non-hydrogen) atoms. The van der Waals surface area contributed by atoms with Gasteiger partial charge in [-0.05, 0) is 44.8 Å². The van der Waals surface area contributed by atoms with Crippen LogP contribution in [-0.4, -0.2) is 80.1 Å². The van der Waals surface area contributed by atoms with E-state index in [1.54, 1.807) is 27.8 Å². The third-order valence-electron chi connectivity index (χ3n) is 6.82. The van der Waals surface area contributed by atoms with Crippen molar-refractivity contribution in [3.8, 4) is 11.3 Å². The topological polar surface area (TPSA) is 135 Å². The molecule has 4 aromatic rings. The van der Waals surface area contributed by atoms with E-state index < -0.39 is 17.6 Å². The molecule has 1 atom stereocenters. The molecule has 1 aromatic carbocycles. The van der Waals surface area contributed by atoms with Gasteiger partial charge in [0.25, 0.3) is 5.91 Å². The summed E-state index contributed by atoms with van der Waals surface area (Å²) in [7, 11) is 3.85. The number of pyridine rings is 1. The zero-order valence-corrected chi connectivity index (χ0v) is 22.8. The van der Waals surface area contributed by atoms with E-state index in [9.17, 15) is 22.8 Å². The number of likely N-dealkylation sites (N-methyl/N-ethyl adjacent to an activating group) is 1. The molecule has 3 N–H and O–H groups in total. The van der Waals surface area contributed by atoms with Crippen LogP contribution in [0.15, 0.2) is 61.1 Å². The van der Waals surface area contributed by atoms with Gasteiger partial charge in [-0.15, -0.1) is 0 Å². The SMILES string of the molecule is CN(C)C/C=C/C(=O)N1CCC(n2nc(-c3ccc(C(=O)Nc4cc(C(F)(F)F)ccn4)cc3)c3c(N)ncnc32)C1. The number of alkyl halides is 3.